The monoisotopic (exact) mass is 151 g/mol. The minimum atomic E-state index is 0.514. The Labute approximate surface area is 62.8 Å². The highest BCUT2D eigenvalue weighted by Crippen LogP contribution is 2.13. The highest BCUT2D eigenvalue weighted by Gasteiger charge is 1.94. The van der Waals surface area contributed by atoms with Crippen LogP contribution in [0, 0.1) is 6.20 Å². The van der Waals surface area contributed by atoms with Crippen molar-refractivity contribution in [2.24, 2.45) is 0 Å². The van der Waals surface area contributed by atoms with Gasteiger partial charge in [-0.3, -0.25) is 0 Å². The summed E-state index contributed by atoms with van der Waals surface area (Å²) < 4.78 is 0. The molecule has 0 atom stereocenters. The van der Waals surface area contributed by atoms with Crippen LogP contribution < -0.4 is 0 Å². The fraction of sp³-hybridized carbons (Fsp3) is 0. The van der Waals surface area contributed by atoms with E-state index in [-0.39, 0.29) is 0 Å². The van der Waals surface area contributed by atoms with Crippen molar-refractivity contribution < 1.29 is 0 Å². The molecule has 0 aliphatic heterocycles. The van der Waals surface area contributed by atoms with Crippen LogP contribution in [0.25, 0.3) is 10.9 Å². The molecule has 0 saturated heterocycles. The number of aromatic nitrogens is 2. The van der Waals surface area contributed by atoms with Crippen LogP contribution in [0.4, 0.5) is 0 Å². The van der Waals surface area contributed by atoms with Crippen molar-refractivity contribution in [2.75, 3.05) is 0 Å². The molecule has 2 nitrogen and oxygen atoms in total. The second kappa shape index (κ2) is 1.99. The van der Waals surface area contributed by atoms with Crippen LogP contribution in [-0.2, 0) is 0 Å². The maximum atomic E-state index is 5.64. The van der Waals surface area contributed by atoms with Crippen molar-refractivity contribution in [3.05, 3.63) is 29.7 Å². The zero-order chi connectivity index (χ0) is 6.97. The van der Waals surface area contributed by atoms with Crippen LogP contribution in [0.1, 0.15) is 0 Å². The molecule has 1 radical (unpaired) electrons. The Hall–Kier alpha value is -1.02. The third-order valence-electron chi connectivity index (χ3n) is 1.34. The van der Waals surface area contributed by atoms with Crippen LogP contribution in [0.3, 0.4) is 0 Å². The van der Waals surface area contributed by atoms with E-state index < -0.39 is 0 Å². The molecule has 0 unspecified atom stereocenters. The Morgan fingerprint density at radius 2 is 2.50 bits per heavy atom. The van der Waals surface area contributed by atoms with Crippen LogP contribution in [-0.4, -0.2) is 9.97 Å². The summed E-state index contributed by atoms with van der Waals surface area (Å²) in [6, 6.07) is 3.63. The SMILES string of the molecule is Clc1cc2c[c][nH]c2cn1. The summed E-state index contributed by atoms with van der Waals surface area (Å²) in [5.74, 6) is 0. The van der Waals surface area contributed by atoms with Gasteiger partial charge < -0.3 is 4.98 Å². The lowest BCUT2D eigenvalue weighted by Crippen LogP contribution is -1.72. The molecule has 0 fully saturated rings. The second-order valence-electron chi connectivity index (χ2n) is 2.01. The lowest BCUT2D eigenvalue weighted by molar-refractivity contribution is 1.34. The summed E-state index contributed by atoms with van der Waals surface area (Å²) in [5.41, 5.74) is 0.962. The van der Waals surface area contributed by atoms with Gasteiger partial charge in [-0.15, -0.1) is 0 Å². The summed E-state index contributed by atoms with van der Waals surface area (Å²) in [4.78, 5) is 6.79. The van der Waals surface area contributed by atoms with Gasteiger partial charge in [0.15, 0.2) is 0 Å². The number of halogens is 1. The van der Waals surface area contributed by atoms with Gasteiger partial charge in [0.1, 0.15) is 5.15 Å². The summed E-state index contributed by atoms with van der Waals surface area (Å²) in [6.07, 6.45) is 4.53. The summed E-state index contributed by atoms with van der Waals surface area (Å²) in [6.45, 7) is 0. The number of pyridine rings is 1. The van der Waals surface area contributed by atoms with E-state index in [1.807, 2.05) is 6.07 Å². The second-order valence-corrected chi connectivity index (χ2v) is 2.40. The van der Waals surface area contributed by atoms with E-state index in [1.54, 1.807) is 12.3 Å². The van der Waals surface area contributed by atoms with Gasteiger partial charge in [0, 0.05) is 5.39 Å². The molecule has 0 bridgehead atoms. The smallest absolute Gasteiger partial charge is 0.129 e. The summed E-state index contributed by atoms with van der Waals surface area (Å²) >= 11 is 5.64. The zero-order valence-corrected chi connectivity index (χ0v) is 5.81. The van der Waals surface area contributed by atoms with Gasteiger partial charge >= 0.3 is 0 Å². The van der Waals surface area contributed by atoms with E-state index in [1.165, 1.54) is 0 Å². The maximum Gasteiger partial charge on any atom is 0.129 e. The molecular weight excluding hydrogens is 148 g/mol. The minimum absolute atomic E-state index is 0.514. The van der Waals surface area contributed by atoms with E-state index in [9.17, 15) is 0 Å². The molecule has 0 aliphatic rings. The fourth-order valence-corrected chi connectivity index (χ4v) is 1.03. The minimum Gasteiger partial charge on any atom is -0.352 e. The highest BCUT2D eigenvalue weighted by molar-refractivity contribution is 6.30. The number of aromatic amines is 1. The average Bonchev–Trinajstić information content (AvgIpc) is 2.33. The molecule has 0 saturated carbocycles. The maximum absolute atomic E-state index is 5.64. The predicted octanol–water partition coefficient (Wildman–Crippen LogP) is 2.02. The Bertz CT molecular complexity index is 353. The molecule has 10 heavy (non-hydrogen) atoms. The van der Waals surface area contributed by atoms with Crippen molar-refractivity contribution >= 4 is 22.5 Å². The predicted molar refractivity (Wildman–Crippen MR) is 39.9 cm³/mol. The quantitative estimate of drug-likeness (QED) is 0.574. The molecule has 2 aromatic rings. The van der Waals surface area contributed by atoms with Gasteiger partial charge in [-0.1, -0.05) is 11.6 Å². The first-order valence-electron chi connectivity index (χ1n) is 2.86. The molecule has 49 valence electrons. The van der Waals surface area contributed by atoms with Crippen molar-refractivity contribution in [1.29, 1.82) is 0 Å². The van der Waals surface area contributed by atoms with Crippen molar-refractivity contribution in [3.63, 3.8) is 0 Å². The third-order valence-corrected chi connectivity index (χ3v) is 1.54. The lowest BCUT2D eigenvalue weighted by Gasteiger charge is -1.87. The first-order chi connectivity index (χ1) is 4.86. The Morgan fingerprint density at radius 3 is 3.40 bits per heavy atom. The molecule has 3 heteroatoms. The van der Waals surface area contributed by atoms with Gasteiger partial charge in [-0.2, -0.15) is 0 Å². The van der Waals surface area contributed by atoms with Crippen molar-refractivity contribution in [3.8, 4) is 0 Å². The summed E-state index contributed by atoms with van der Waals surface area (Å²) in [5, 5.41) is 1.56. The molecule has 0 aromatic carbocycles. The van der Waals surface area contributed by atoms with Gasteiger partial charge in [-0.25, -0.2) is 4.98 Å². The van der Waals surface area contributed by atoms with E-state index in [4.69, 9.17) is 11.6 Å². The number of fused-ring (bicyclic) bond motifs is 1. The molecular formula is C7H4ClN2. The topological polar surface area (TPSA) is 28.7 Å². The van der Waals surface area contributed by atoms with Gasteiger partial charge in [0.25, 0.3) is 0 Å². The van der Waals surface area contributed by atoms with Crippen molar-refractivity contribution in [2.45, 2.75) is 0 Å². The van der Waals surface area contributed by atoms with E-state index >= 15 is 0 Å². The average molecular weight is 152 g/mol. The van der Waals surface area contributed by atoms with Crippen LogP contribution in [0.15, 0.2) is 18.3 Å². The number of hydrogen-bond donors (Lipinski definition) is 1. The standard InChI is InChI=1S/C7H4ClN2/c8-7-3-5-1-2-9-6(5)4-10-7/h1,3-4,9H. The van der Waals surface area contributed by atoms with Crippen LogP contribution in [0.5, 0.6) is 0 Å². The molecule has 0 spiro atoms. The number of nitrogens with zero attached hydrogens (tertiary/aromatic N) is 1. The largest absolute Gasteiger partial charge is 0.352 e. The van der Waals surface area contributed by atoms with Gasteiger partial charge in [0.05, 0.1) is 17.9 Å². The number of hydrogen-bond acceptors (Lipinski definition) is 1. The van der Waals surface area contributed by atoms with Crippen LogP contribution in [0.2, 0.25) is 5.15 Å². The number of rotatable bonds is 0. The first-order valence-corrected chi connectivity index (χ1v) is 3.24. The Kier molecular flexibility index (Phi) is 1.14. The molecule has 2 heterocycles. The first kappa shape index (κ1) is 5.74. The normalized spacial score (nSPS) is 10.5. The number of nitrogens with one attached hydrogen (secondary N) is 1. The molecule has 1 N–H and O–H groups in total. The lowest BCUT2D eigenvalue weighted by atomic mass is 10.3. The van der Waals surface area contributed by atoms with Gasteiger partial charge in [-0.05, 0) is 12.1 Å². The van der Waals surface area contributed by atoms with E-state index in [0.29, 0.717) is 5.15 Å². The Balaban J connectivity index is 2.86. The molecule has 2 aromatic heterocycles. The fourth-order valence-electron chi connectivity index (χ4n) is 0.860. The molecule has 0 amide bonds. The zero-order valence-electron chi connectivity index (χ0n) is 5.06. The Morgan fingerprint density at radius 1 is 1.60 bits per heavy atom. The van der Waals surface area contributed by atoms with E-state index in [0.717, 1.165) is 10.9 Å². The van der Waals surface area contributed by atoms with Crippen LogP contribution >= 0.6 is 11.6 Å². The van der Waals surface area contributed by atoms with Crippen molar-refractivity contribution in [1.82, 2.24) is 9.97 Å². The number of H-pyrrole nitrogens is 1. The van der Waals surface area contributed by atoms with E-state index in [2.05, 4.69) is 16.2 Å². The molecule has 2 rings (SSSR count). The van der Waals surface area contributed by atoms with Gasteiger partial charge in [0.2, 0.25) is 0 Å². The third kappa shape index (κ3) is 0.772. The summed E-state index contributed by atoms with van der Waals surface area (Å²) in [7, 11) is 0. The highest BCUT2D eigenvalue weighted by atomic mass is 35.5. The molecule has 0 aliphatic carbocycles.